The molecule has 0 amide bonds. The van der Waals surface area contributed by atoms with Crippen LogP contribution < -0.4 is 0 Å². The van der Waals surface area contributed by atoms with Gasteiger partial charge in [-0.2, -0.15) is 0 Å². The van der Waals surface area contributed by atoms with Crippen LogP contribution in [0, 0.1) is 0 Å². The van der Waals surface area contributed by atoms with Crippen LogP contribution in [-0.4, -0.2) is 17.5 Å². The monoisotopic (exact) mass is 273 g/mol. The Morgan fingerprint density at radius 2 is 1.38 bits per heavy atom. The number of hydrogen-bond acceptors (Lipinski definition) is 1. The molecule has 1 nitrogen and oxygen atoms in total. The predicted molar refractivity (Wildman–Crippen MR) is 88.6 cm³/mol. The van der Waals surface area contributed by atoms with Crippen LogP contribution in [0.3, 0.4) is 0 Å². The Labute approximate surface area is 125 Å². The van der Waals surface area contributed by atoms with E-state index in [1.165, 1.54) is 47.4 Å². The molecule has 2 aliphatic rings. The van der Waals surface area contributed by atoms with Crippen LogP contribution in [0.1, 0.15) is 24.0 Å². The Kier molecular flexibility index (Phi) is 2.42. The normalized spacial score (nSPS) is 21.6. The van der Waals surface area contributed by atoms with Crippen LogP contribution >= 0.6 is 0 Å². The van der Waals surface area contributed by atoms with Gasteiger partial charge in [-0.25, -0.2) is 0 Å². The van der Waals surface area contributed by atoms with Gasteiger partial charge in [-0.1, -0.05) is 48.5 Å². The smallest absolute Gasteiger partial charge is 0.0245 e. The lowest BCUT2D eigenvalue weighted by Gasteiger charge is -2.33. The van der Waals surface area contributed by atoms with Crippen LogP contribution in [0.4, 0.5) is 0 Å². The zero-order valence-corrected chi connectivity index (χ0v) is 12.2. The minimum Gasteiger partial charge on any atom is -0.296 e. The van der Waals surface area contributed by atoms with E-state index in [4.69, 9.17) is 0 Å². The first-order chi connectivity index (χ1) is 10.4. The molecule has 1 saturated heterocycles. The molecule has 0 bridgehead atoms. The van der Waals surface area contributed by atoms with E-state index in [9.17, 15) is 0 Å². The number of benzene rings is 3. The molecule has 21 heavy (non-hydrogen) atoms. The fraction of sp³-hybridized carbons (Fsp3) is 0.300. The molecule has 0 aliphatic carbocycles. The zero-order valence-electron chi connectivity index (χ0n) is 12.2. The second kappa shape index (κ2) is 4.32. The van der Waals surface area contributed by atoms with Gasteiger partial charge in [-0.3, -0.25) is 4.90 Å². The second-order valence-corrected chi connectivity index (χ2v) is 6.52. The zero-order chi connectivity index (χ0) is 13.8. The highest BCUT2D eigenvalue weighted by atomic mass is 15.2. The highest BCUT2D eigenvalue weighted by Crippen LogP contribution is 2.39. The number of hydrogen-bond donors (Lipinski definition) is 0. The Bertz CT molecular complexity index is 778. The van der Waals surface area contributed by atoms with E-state index in [2.05, 4.69) is 53.4 Å². The summed E-state index contributed by atoms with van der Waals surface area (Å²) in [5.74, 6) is 0. The van der Waals surface area contributed by atoms with Crippen molar-refractivity contribution in [2.24, 2.45) is 0 Å². The summed E-state index contributed by atoms with van der Waals surface area (Å²) in [4.78, 5) is 2.70. The van der Waals surface area contributed by atoms with Gasteiger partial charge in [0.05, 0.1) is 0 Å². The van der Waals surface area contributed by atoms with Crippen molar-refractivity contribution in [3.8, 4) is 0 Å². The summed E-state index contributed by atoms with van der Waals surface area (Å²) in [6, 6.07) is 18.7. The minimum atomic E-state index is 0.780. The maximum atomic E-state index is 2.70. The summed E-state index contributed by atoms with van der Waals surface area (Å²) < 4.78 is 0. The van der Waals surface area contributed by atoms with E-state index in [1.807, 2.05) is 0 Å². The van der Waals surface area contributed by atoms with Crippen LogP contribution in [0.15, 0.2) is 48.5 Å². The van der Waals surface area contributed by atoms with Gasteiger partial charge in [0.1, 0.15) is 0 Å². The molecule has 2 heterocycles. The van der Waals surface area contributed by atoms with E-state index >= 15 is 0 Å². The number of fused-ring (bicyclic) bond motifs is 7. The minimum absolute atomic E-state index is 0.780. The third-order valence-electron chi connectivity index (χ3n) is 5.46. The summed E-state index contributed by atoms with van der Waals surface area (Å²) >= 11 is 0. The molecule has 0 N–H and O–H groups in total. The second-order valence-electron chi connectivity index (χ2n) is 6.52. The first kappa shape index (κ1) is 11.8. The standard InChI is InChI=1S/C20H19N/c1-3-9-17-15(7-1)16-8-2-4-10-18(16)20-13-21-11-5-6-14(21)12-19(17)20/h1-4,7-10,14H,5-6,11-13H2/t14-/m0/s1. The van der Waals surface area contributed by atoms with Gasteiger partial charge in [0.15, 0.2) is 0 Å². The van der Waals surface area contributed by atoms with Gasteiger partial charge in [0.25, 0.3) is 0 Å². The first-order valence-corrected chi connectivity index (χ1v) is 8.07. The Morgan fingerprint density at radius 1 is 0.762 bits per heavy atom. The summed E-state index contributed by atoms with van der Waals surface area (Å²) in [7, 11) is 0. The molecule has 1 fully saturated rings. The molecule has 0 spiro atoms. The summed E-state index contributed by atoms with van der Waals surface area (Å²) in [5, 5.41) is 5.80. The Morgan fingerprint density at radius 3 is 2.10 bits per heavy atom. The van der Waals surface area contributed by atoms with Gasteiger partial charge in [0, 0.05) is 12.6 Å². The van der Waals surface area contributed by atoms with Gasteiger partial charge in [-0.15, -0.1) is 0 Å². The van der Waals surface area contributed by atoms with Gasteiger partial charge < -0.3 is 0 Å². The molecule has 3 aromatic rings. The number of rotatable bonds is 0. The molecule has 0 saturated carbocycles. The van der Waals surface area contributed by atoms with Crippen molar-refractivity contribution < 1.29 is 0 Å². The van der Waals surface area contributed by atoms with E-state index in [1.54, 1.807) is 11.1 Å². The average molecular weight is 273 g/mol. The van der Waals surface area contributed by atoms with Gasteiger partial charge in [0.2, 0.25) is 0 Å². The molecule has 1 heteroatoms. The fourth-order valence-corrected chi connectivity index (χ4v) is 4.47. The van der Waals surface area contributed by atoms with Crippen LogP contribution in [0.25, 0.3) is 21.5 Å². The lowest BCUT2D eigenvalue weighted by atomic mass is 9.85. The maximum absolute atomic E-state index is 2.70. The van der Waals surface area contributed by atoms with Crippen molar-refractivity contribution in [3.05, 3.63) is 59.7 Å². The van der Waals surface area contributed by atoms with Crippen LogP contribution in [0.2, 0.25) is 0 Å². The molecule has 2 aliphatic heterocycles. The molecular formula is C20H19N. The maximum Gasteiger partial charge on any atom is 0.0245 e. The largest absolute Gasteiger partial charge is 0.296 e. The summed E-state index contributed by atoms with van der Waals surface area (Å²) in [5.41, 5.74) is 3.20. The molecule has 3 aromatic carbocycles. The van der Waals surface area contributed by atoms with Gasteiger partial charge >= 0.3 is 0 Å². The molecule has 0 radical (unpaired) electrons. The third kappa shape index (κ3) is 1.61. The van der Waals surface area contributed by atoms with Crippen LogP contribution in [0.5, 0.6) is 0 Å². The highest BCUT2D eigenvalue weighted by Gasteiger charge is 2.31. The van der Waals surface area contributed by atoms with Crippen molar-refractivity contribution in [3.63, 3.8) is 0 Å². The third-order valence-corrected chi connectivity index (χ3v) is 5.46. The Balaban J connectivity index is 1.91. The summed E-state index contributed by atoms with van der Waals surface area (Å²) in [6.45, 7) is 2.43. The molecule has 0 aromatic heterocycles. The molecule has 104 valence electrons. The molecular weight excluding hydrogens is 254 g/mol. The molecule has 0 unspecified atom stereocenters. The predicted octanol–water partition coefficient (Wildman–Crippen LogP) is 4.51. The molecule has 5 rings (SSSR count). The van der Waals surface area contributed by atoms with Crippen molar-refractivity contribution in [1.29, 1.82) is 0 Å². The fourth-order valence-electron chi connectivity index (χ4n) is 4.47. The van der Waals surface area contributed by atoms with Crippen molar-refractivity contribution in [1.82, 2.24) is 4.90 Å². The number of nitrogens with zero attached hydrogens (tertiary/aromatic N) is 1. The molecule has 1 atom stereocenters. The SMILES string of the molecule is c1ccc2c(c1)c1c(c3ccccc32)CN2CCC[C@H]2C1. The van der Waals surface area contributed by atoms with E-state index < -0.39 is 0 Å². The topological polar surface area (TPSA) is 3.24 Å². The Hall–Kier alpha value is -1.86. The summed E-state index contributed by atoms with van der Waals surface area (Å²) in [6.07, 6.45) is 3.98. The van der Waals surface area contributed by atoms with Crippen molar-refractivity contribution in [2.75, 3.05) is 6.54 Å². The first-order valence-electron chi connectivity index (χ1n) is 8.07. The van der Waals surface area contributed by atoms with Crippen molar-refractivity contribution in [2.45, 2.75) is 31.8 Å². The van der Waals surface area contributed by atoms with Crippen molar-refractivity contribution >= 4 is 21.5 Å². The van der Waals surface area contributed by atoms with E-state index in [0.29, 0.717) is 0 Å². The average Bonchev–Trinajstić information content (AvgIpc) is 3.01. The van der Waals surface area contributed by atoms with E-state index in [0.717, 1.165) is 12.6 Å². The highest BCUT2D eigenvalue weighted by molar-refractivity contribution is 6.10. The van der Waals surface area contributed by atoms with Gasteiger partial charge in [-0.05, 0) is 58.5 Å². The lowest BCUT2D eigenvalue weighted by molar-refractivity contribution is 0.229. The quantitative estimate of drug-likeness (QED) is 0.545. The van der Waals surface area contributed by atoms with E-state index in [-0.39, 0.29) is 0 Å². The lowest BCUT2D eigenvalue weighted by Crippen LogP contribution is -2.35. The van der Waals surface area contributed by atoms with Crippen LogP contribution in [-0.2, 0) is 13.0 Å².